The first-order valence-electron chi connectivity index (χ1n) is 11.0. The van der Waals surface area contributed by atoms with Crippen LogP contribution < -0.4 is 4.74 Å². The first-order valence-corrected chi connectivity index (χ1v) is 11.0. The van der Waals surface area contributed by atoms with Crippen LogP contribution in [0.1, 0.15) is 17.5 Å². The van der Waals surface area contributed by atoms with Crippen molar-refractivity contribution < 1.29 is 27.9 Å². The Kier molecular flexibility index (Phi) is 7.82. The molecule has 5 nitrogen and oxygen atoms in total. The number of benzene rings is 3. The molecule has 0 aliphatic carbocycles. The van der Waals surface area contributed by atoms with Gasteiger partial charge < -0.3 is 14.7 Å². The third-order valence-electron chi connectivity index (χ3n) is 5.44. The Bertz CT molecular complexity index is 1110. The summed E-state index contributed by atoms with van der Waals surface area (Å²) in [6.45, 7) is 0.707. The first kappa shape index (κ1) is 23.8. The van der Waals surface area contributed by atoms with Gasteiger partial charge in [-0.05, 0) is 35.9 Å². The minimum atomic E-state index is -0.859. The topological polar surface area (TPSA) is 54.3 Å². The maximum Gasteiger partial charge on any atom is 0.145 e. The van der Waals surface area contributed by atoms with Gasteiger partial charge in [-0.3, -0.25) is 4.90 Å². The Morgan fingerprint density at radius 3 is 2.47 bits per heavy atom. The molecule has 1 heterocycles. The van der Waals surface area contributed by atoms with Crippen molar-refractivity contribution in [1.82, 2.24) is 4.90 Å². The number of nitrogens with zero attached hydrogens (tertiary/aromatic N) is 2. The van der Waals surface area contributed by atoms with E-state index in [1.165, 1.54) is 24.3 Å². The van der Waals surface area contributed by atoms with E-state index in [4.69, 9.17) is 9.57 Å². The van der Waals surface area contributed by atoms with Crippen molar-refractivity contribution in [1.29, 1.82) is 0 Å². The van der Waals surface area contributed by atoms with Gasteiger partial charge in [0.05, 0.1) is 5.71 Å². The van der Waals surface area contributed by atoms with E-state index < -0.39 is 17.7 Å². The number of rotatable bonds is 10. The molecule has 1 aliphatic heterocycles. The number of para-hydroxylation sites is 1. The molecule has 0 saturated carbocycles. The monoisotopic (exact) mass is 470 g/mol. The Balaban J connectivity index is 1.40. The second-order valence-corrected chi connectivity index (χ2v) is 8.18. The highest BCUT2D eigenvalue weighted by Gasteiger charge is 2.26. The zero-order chi connectivity index (χ0) is 23.9. The second kappa shape index (κ2) is 11.2. The van der Waals surface area contributed by atoms with E-state index in [1.54, 1.807) is 24.3 Å². The molecular weight excluding hydrogens is 445 g/mol. The van der Waals surface area contributed by atoms with Crippen LogP contribution in [0.15, 0.2) is 78.0 Å². The van der Waals surface area contributed by atoms with Crippen molar-refractivity contribution in [3.63, 3.8) is 0 Å². The van der Waals surface area contributed by atoms with Crippen molar-refractivity contribution in [3.05, 3.63) is 101 Å². The van der Waals surface area contributed by atoms with Gasteiger partial charge in [-0.15, -0.1) is 0 Å². The van der Waals surface area contributed by atoms with Gasteiger partial charge in [0.2, 0.25) is 0 Å². The van der Waals surface area contributed by atoms with Crippen LogP contribution in [0.5, 0.6) is 5.75 Å². The van der Waals surface area contributed by atoms with Crippen LogP contribution in [0.2, 0.25) is 0 Å². The summed E-state index contributed by atoms with van der Waals surface area (Å²) in [4.78, 5) is 7.39. The van der Waals surface area contributed by atoms with Crippen LogP contribution >= 0.6 is 0 Å². The number of aliphatic hydroxyl groups is 1. The molecule has 8 heteroatoms. The van der Waals surface area contributed by atoms with Crippen LogP contribution in [0.3, 0.4) is 0 Å². The largest absolute Gasteiger partial charge is 0.491 e. The standard InChI is InChI=1S/C26H25F3N2O3/c27-20-9-6-18(7-10-20)26-13-24(34-30-26)16-31(14-19-8-11-21(28)12-25(19)29)15-22(32)17-33-23-4-2-1-3-5-23/h1-12,22,24,32H,13-17H2/t22-,24+/m0/s1. The summed E-state index contributed by atoms with van der Waals surface area (Å²) < 4.78 is 46.5. The predicted octanol–water partition coefficient (Wildman–Crippen LogP) is 4.54. The molecule has 3 aromatic carbocycles. The Morgan fingerprint density at radius 1 is 1.00 bits per heavy atom. The summed E-state index contributed by atoms with van der Waals surface area (Å²) in [7, 11) is 0. The van der Waals surface area contributed by atoms with Gasteiger partial charge in [0.15, 0.2) is 0 Å². The van der Waals surface area contributed by atoms with Crippen molar-refractivity contribution >= 4 is 5.71 Å². The van der Waals surface area contributed by atoms with Gasteiger partial charge in [-0.2, -0.15) is 0 Å². The van der Waals surface area contributed by atoms with Crippen LogP contribution in [-0.4, -0.2) is 47.6 Å². The molecule has 0 saturated heterocycles. The fourth-order valence-electron chi connectivity index (χ4n) is 3.78. The molecule has 0 radical (unpaired) electrons. The molecule has 1 N–H and O–H groups in total. The fraction of sp³-hybridized carbons (Fsp3) is 0.269. The summed E-state index contributed by atoms with van der Waals surface area (Å²) in [6.07, 6.45) is -0.724. The molecule has 3 aromatic rings. The van der Waals surface area contributed by atoms with Gasteiger partial charge in [0, 0.05) is 37.7 Å². The summed E-state index contributed by atoms with van der Waals surface area (Å²) in [5, 5.41) is 14.7. The van der Waals surface area contributed by atoms with Gasteiger partial charge in [0.1, 0.15) is 42.0 Å². The zero-order valence-corrected chi connectivity index (χ0v) is 18.4. The highest BCUT2D eigenvalue weighted by molar-refractivity contribution is 6.01. The van der Waals surface area contributed by atoms with Crippen molar-refractivity contribution in [2.24, 2.45) is 5.16 Å². The Labute approximate surface area is 196 Å². The highest BCUT2D eigenvalue weighted by Crippen LogP contribution is 2.20. The normalized spacial score (nSPS) is 16.3. The van der Waals surface area contributed by atoms with Crippen molar-refractivity contribution in [2.75, 3.05) is 19.7 Å². The summed E-state index contributed by atoms with van der Waals surface area (Å²) >= 11 is 0. The molecular formula is C26H25F3N2O3. The molecule has 0 unspecified atom stereocenters. The van der Waals surface area contributed by atoms with E-state index >= 15 is 0 Å². The summed E-state index contributed by atoms with van der Waals surface area (Å²) in [5.74, 6) is -1.01. The summed E-state index contributed by atoms with van der Waals surface area (Å²) in [5.41, 5.74) is 1.75. The van der Waals surface area contributed by atoms with Gasteiger partial charge in [-0.25, -0.2) is 13.2 Å². The first-order chi connectivity index (χ1) is 16.5. The number of oxime groups is 1. The number of ether oxygens (including phenoxy) is 1. The Morgan fingerprint density at radius 2 is 1.74 bits per heavy atom. The van der Waals surface area contributed by atoms with E-state index in [9.17, 15) is 18.3 Å². The third kappa shape index (κ3) is 6.59. The van der Waals surface area contributed by atoms with Crippen molar-refractivity contribution in [2.45, 2.75) is 25.2 Å². The minimum absolute atomic E-state index is 0.0509. The Hall–Kier alpha value is -3.36. The summed E-state index contributed by atoms with van der Waals surface area (Å²) in [6, 6.07) is 18.5. The molecule has 4 rings (SSSR count). The average molecular weight is 470 g/mol. The van der Waals surface area contributed by atoms with Gasteiger partial charge in [-0.1, -0.05) is 41.6 Å². The average Bonchev–Trinajstić information content (AvgIpc) is 3.29. The lowest BCUT2D eigenvalue weighted by atomic mass is 10.0. The third-order valence-corrected chi connectivity index (χ3v) is 5.44. The molecule has 34 heavy (non-hydrogen) atoms. The smallest absolute Gasteiger partial charge is 0.145 e. The lowest BCUT2D eigenvalue weighted by molar-refractivity contribution is 0.0209. The molecule has 0 fully saturated rings. The number of hydrogen-bond acceptors (Lipinski definition) is 5. The lowest BCUT2D eigenvalue weighted by Crippen LogP contribution is -2.40. The van der Waals surface area contributed by atoms with Crippen LogP contribution in [-0.2, 0) is 11.4 Å². The van der Waals surface area contributed by atoms with Gasteiger partial charge in [0.25, 0.3) is 0 Å². The minimum Gasteiger partial charge on any atom is -0.491 e. The maximum absolute atomic E-state index is 14.3. The van der Waals surface area contributed by atoms with Crippen LogP contribution in [0, 0.1) is 17.5 Å². The molecule has 0 aromatic heterocycles. The molecule has 0 spiro atoms. The van der Waals surface area contributed by atoms with E-state index in [0.717, 1.165) is 11.6 Å². The number of aliphatic hydroxyl groups excluding tert-OH is 1. The van der Waals surface area contributed by atoms with E-state index in [0.29, 0.717) is 30.0 Å². The number of hydrogen-bond donors (Lipinski definition) is 1. The van der Waals surface area contributed by atoms with Crippen LogP contribution in [0.25, 0.3) is 0 Å². The fourth-order valence-corrected chi connectivity index (χ4v) is 3.78. The van der Waals surface area contributed by atoms with E-state index in [1.807, 2.05) is 23.1 Å². The zero-order valence-electron chi connectivity index (χ0n) is 18.4. The van der Waals surface area contributed by atoms with Crippen molar-refractivity contribution in [3.8, 4) is 5.75 Å². The lowest BCUT2D eigenvalue weighted by Gasteiger charge is -2.27. The molecule has 178 valence electrons. The highest BCUT2D eigenvalue weighted by atomic mass is 19.1. The second-order valence-electron chi connectivity index (χ2n) is 8.18. The molecule has 0 bridgehead atoms. The van der Waals surface area contributed by atoms with Crippen LogP contribution in [0.4, 0.5) is 13.2 Å². The SMILES string of the molecule is O[C@H](COc1ccccc1)CN(Cc1ccc(F)cc1F)C[C@H]1CC(c2ccc(F)cc2)=NO1. The maximum atomic E-state index is 14.3. The molecule has 2 atom stereocenters. The van der Waals surface area contributed by atoms with E-state index in [-0.39, 0.29) is 31.6 Å². The molecule has 0 amide bonds. The quantitative estimate of drug-likeness (QED) is 0.473. The van der Waals surface area contributed by atoms with Gasteiger partial charge >= 0.3 is 0 Å². The predicted molar refractivity (Wildman–Crippen MR) is 122 cm³/mol. The molecule has 1 aliphatic rings. The number of halogens is 3. The van der Waals surface area contributed by atoms with E-state index in [2.05, 4.69) is 5.16 Å².